The Hall–Kier alpha value is -2.45. The van der Waals surface area contributed by atoms with Crippen LogP contribution in [0.25, 0.3) is 10.9 Å². The van der Waals surface area contributed by atoms with Gasteiger partial charge in [-0.25, -0.2) is 13.4 Å². The van der Waals surface area contributed by atoms with E-state index < -0.39 is 19.5 Å². The molecule has 2 aromatic carbocycles. The molecule has 3 rings (SSSR count). The highest BCUT2D eigenvalue weighted by Crippen LogP contribution is 2.35. The predicted molar refractivity (Wildman–Crippen MR) is 87.9 cm³/mol. The molecule has 0 aliphatic heterocycles. The summed E-state index contributed by atoms with van der Waals surface area (Å²) >= 11 is 0. The van der Waals surface area contributed by atoms with Gasteiger partial charge in [0.05, 0.1) is 10.4 Å². The van der Waals surface area contributed by atoms with Crippen molar-refractivity contribution in [3.05, 3.63) is 70.8 Å². The third-order valence-electron chi connectivity index (χ3n) is 3.10. The van der Waals surface area contributed by atoms with Crippen LogP contribution in [0.5, 0.6) is 0 Å². The van der Waals surface area contributed by atoms with Crippen molar-refractivity contribution in [2.24, 2.45) is 0 Å². The molecule has 0 saturated heterocycles. The zero-order chi connectivity index (χ0) is 16.4. The van der Waals surface area contributed by atoms with Crippen LogP contribution in [0.3, 0.4) is 0 Å². The molecule has 0 N–H and O–H groups in total. The van der Waals surface area contributed by atoms with Gasteiger partial charge in [0, 0.05) is 22.2 Å². The van der Waals surface area contributed by atoms with E-state index >= 15 is 0 Å². The summed E-state index contributed by atoms with van der Waals surface area (Å²) in [7, 11) is -3.44. The van der Waals surface area contributed by atoms with E-state index in [4.69, 9.17) is 0 Å². The Labute approximate surface area is 135 Å². The fraction of sp³-hybridized carbons (Fsp3) is 0. The van der Waals surface area contributed by atoms with Gasteiger partial charge < -0.3 is 0 Å². The second-order valence-corrected chi connectivity index (χ2v) is 8.35. The van der Waals surface area contributed by atoms with Crippen LogP contribution in [0, 0.1) is 10.1 Å². The van der Waals surface area contributed by atoms with Crippen molar-refractivity contribution >= 4 is 36.3 Å². The average molecular weight is 346 g/mol. The molecule has 116 valence electrons. The van der Waals surface area contributed by atoms with E-state index in [2.05, 4.69) is 4.98 Å². The lowest BCUT2D eigenvalue weighted by molar-refractivity contribution is -0.387. The number of nitro benzene ring substituents is 1. The molecule has 0 aliphatic carbocycles. The molecule has 0 amide bonds. The van der Waals surface area contributed by atoms with Crippen LogP contribution in [-0.4, -0.2) is 18.3 Å². The van der Waals surface area contributed by atoms with E-state index in [1.807, 2.05) is 12.1 Å². The molecule has 3 aromatic rings. The van der Waals surface area contributed by atoms with E-state index in [0.29, 0.717) is 16.3 Å². The quantitative estimate of drug-likeness (QED) is 0.407. The van der Waals surface area contributed by atoms with E-state index in [0.717, 1.165) is 5.39 Å². The van der Waals surface area contributed by atoms with E-state index in [-0.39, 0.29) is 9.92 Å². The standard InChI is InChI=1S/C15H10N2O4S2/c18-17(19)13-7-3-4-8-14(13)23(20,21)22-15-10-9-11-5-1-2-6-12(11)16-15/h1-10H. The second-order valence-electron chi connectivity index (χ2n) is 4.60. The van der Waals surface area contributed by atoms with Gasteiger partial charge in [-0.3, -0.25) is 10.1 Å². The molecule has 0 saturated carbocycles. The number of rotatable bonds is 4. The second kappa shape index (κ2) is 5.98. The lowest BCUT2D eigenvalue weighted by Crippen LogP contribution is -2.01. The molecule has 0 atom stereocenters. The van der Waals surface area contributed by atoms with Crippen molar-refractivity contribution in [2.45, 2.75) is 9.92 Å². The lowest BCUT2D eigenvalue weighted by Gasteiger charge is -2.05. The summed E-state index contributed by atoms with van der Waals surface area (Å²) in [5.74, 6) is 0. The van der Waals surface area contributed by atoms with Crippen LogP contribution in [0.15, 0.2) is 70.6 Å². The third kappa shape index (κ3) is 3.17. The summed E-state index contributed by atoms with van der Waals surface area (Å²) in [6.07, 6.45) is 0. The van der Waals surface area contributed by atoms with E-state index in [1.165, 1.54) is 24.3 Å². The van der Waals surface area contributed by atoms with Gasteiger partial charge in [0.25, 0.3) is 5.69 Å². The summed E-state index contributed by atoms with van der Waals surface area (Å²) in [6.45, 7) is 0. The number of aromatic nitrogens is 1. The fourth-order valence-corrected chi connectivity index (χ4v) is 4.93. The first kappa shape index (κ1) is 15.4. The maximum atomic E-state index is 12.5. The summed E-state index contributed by atoms with van der Waals surface area (Å²) in [5.41, 5.74) is 0.219. The minimum absolute atomic E-state index is 0.266. The Kier molecular flexibility index (Phi) is 4.01. The monoisotopic (exact) mass is 346 g/mol. The Morgan fingerprint density at radius 2 is 1.65 bits per heavy atom. The Balaban J connectivity index is 2.02. The van der Waals surface area contributed by atoms with Gasteiger partial charge in [-0.15, -0.1) is 0 Å². The number of hydrogen-bond donors (Lipinski definition) is 0. The number of nitro groups is 1. The highest BCUT2D eigenvalue weighted by molar-refractivity contribution is 8.72. The molecular weight excluding hydrogens is 336 g/mol. The van der Waals surface area contributed by atoms with Crippen LogP contribution in [0.4, 0.5) is 5.69 Å². The van der Waals surface area contributed by atoms with Gasteiger partial charge in [-0.1, -0.05) is 36.4 Å². The molecule has 0 unspecified atom stereocenters. The molecule has 6 nitrogen and oxygen atoms in total. The minimum Gasteiger partial charge on any atom is -0.258 e. The number of fused-ring (bicyclic) bond motifs is 1. The molecule has 0 aliphatic rings. The molecule has 23 heavy (non-hydrogen) atoms. The van der Waals surface area contributed by atoms with Crippen LogP contribution in [0.1, 0.15) is 0 Å². The van der Waals surface area contributed by atoms with Crippen LogP contribution < -0.4 is 0 Å². The smallest absolute Gasteiger partial charge is 0.258 e. The Morgan fingerprint density at radius 1 is 0.957 bits per heavy atom. The molecule has 0 bridgehead atoms. The predicted octanol–water partition coefficient (Wildman–Crippen LogP) is 3.62. The van der Waals surface area contributed by atoms with Crippen LogP contribution in [-0.2, 0) is 8.87 Å². The fourth-order valence-electron chi connectivity index (χ4n) is 2.07. The Bertz CT molecular complexity index is 1000. The third-order valence-corrected chi connectivity index (χ3v) is 6.31. The zero-order valence-electron chi connectivity index (χ0n) is 11.6. The first-order chi connectivity index (χ1) is 11.0. The molecule has 1 heterocycles. The average Bonchev–Trinajstić information content (AvgIpc) is 2.54. The normalized spacial score (nSPS) is 11.5. The number of benzene rings is 2. The van der Waals surface area contributed by atoms with Crippen molar-refractivity contribution in [3.63, 3.8) is 0 Å². The molecule has 8 heteroatoms. The summed E-state index contributed by atoms with van der Waals surface area (Å²) in [6, 6.07) is 15.9. The molecule has 0 radical (unpaired) electrons. The highest BCUT2D eigenvalue weighted by Gasteiger charge is 2.26. The van der Waals surface area contributed by atoms with Crippen molar-refractivity contribution in [3.8, 4) is 0 Å². The van der Waals surface area contributed by atoms with Crippen molar-refractivity contribution < 1.29 is 13.3 Å². The maximum absolute atomic E-state index is 12.5. The summed E-state index contributed by atoms with van der Waals surface area (Å²) < 4.78 is 25.0. The van der Waals surface area contributed by atoms with Gasteiger partial charge in [0.1, 0.15) is 5.03 Å². The first-order valence-electron chi connectivity index (χ1n) is 6.51. The highest BCUT2D eigenvalue weighted by atomic mass is 33.1. The van der Waals surface area contributed by atoms with Crippen molar-refractivity contribution in [1.29, 1.82) is 0 Å². The number of nitrogens with zero attached hydrogens (tertiary/aromatic N) is 2. The largest absolute Gasteiger partial charge is 0.288 e. The summed E-state index contributed by atoms with van der Waals surface area (Å²) in [4.78, 5) is 14.3. The van der Waals surface area contributed by atoms with Gasteiger partial charge in [-0.05, 0) is 18.2 Å². The van der Waals surface area contributed by atoms with E-state index in [9.17, 15) is 18.5 Å². The topological polar surface area (TPSA) is 90.2 Å². The molecule has 0 spiro atoms. The first-order valence-corrected chi connectivity index (χ1v) is 9.33. The number of pyridine rings is 1. The maximum Gasteiger partial charge on any atom is 0.288 e. The zero-order valence-corrected chi connectivity index (χ0v) is 13.3. The lowest BCUT2D eigenvalue weighted by atomic mass is 10.2. The van der Waals surface area contributed by atoms with Crippen molar-refractivity contribution in [2.75, 3.05) is 0 Å². The van der Waals surface area contributed by atoms with Gasteiger partial charge >= 0.3 is 0 Å². The van der Waals surface area contributed by atoms with Gasteiger partial charge in [-0.2, -0.15) is 0 Å². The molecule has 0 fully saturated rings. The summed E-state index contributed by atoms with van der Waals surface area (Å²) in [5, 5.41) is 12.2. The number of para-hydroxylation sites is 2. The minimum atomic E-state index is -3.95. The van der Waals surface area contributed by atoms with Gasteiger partial charge in [0.15, 0.2) is 4.90 Å². The molecule has 1 aromatic heterocycles. The van der Waals surface area contributed by atoms with Gasteiger partial charge in [0.2, 0.25) is 8.87 Å². The molecular formula is C15H10N2O4S2. The van der Waals surface area contributed by atoms with E-state index in [1.54, 1.807) is 24.3 Å². The van der Waals surface area contributed by atoms with Crippen LogP contribution >= 0.6 is 10.8 Å². The van der Waals surface area contributed by atoms with Crippen LogP contribution in [0.2, 0.25) is 0 Å². The number of hydrogen-bond acceptors (Lipinski definition) is 6. The SMILES string of the molecule is O=[N+]([O-])c1ccccc1S(=O)(=O)Sc1ccc2ccccc2n1. The Morgan fingerprint density at radius 3 is 2.43 bits per heavy atom. The van der Waals surface area contributed by atoms with Crippen molar-refractivity contribution in [1.82, 2.24) is 4.98 Å².